The summed E-state index contributed by atoms with van der Waals surface area (Å²) < 4.78 is 19.0. The van der Waals surface area contributed by atoms with Crippen molar-refractivity contribution in [1.29, 1.82) is 0 Å². The Morgan fingerprint density at radius 2 is 1.95 bits per heavy atom. The minimum Gasteiger partial charge on any atom is -0.491 e. The van der Waals surface area contributed by atoms with Gasteiger partial charge in [0.25, 0.3) is 0 Å². The number of halogens is 1. The molecular formula is C16H18FNO2. The zero-order valence-corrected chi connectivity index (χ0v) is 11.3. The molecule has 3 nitrogen and oxygen atoms in total. The van der Waals surface area contributed by atoms with Crippen LogP contribution < -0.4 is 10.1 Å². The van der Waals surface area contributed by atoms with Gasteiger partial charge >= 0.3 is 0 Å². The standard InChI is InChI=1S/C16H18FNO2/c1-12-7-8-16(15(17)9-12)18-10-13(19)11-20-14-5-3-2-4-6-14/h2-9,13,18-19H,10-11H2,1H3. The first-order valence-electron chi connectivity index (χ1n) is 6.51. The van der Waals surface area contributed by atoms with Crippen LogP contribution in [0.4, 0.5) is 10.1 Å². The third-order valence-corrected chi connectivity index (χ3v) is 2.84. The van der Waals surface area contributed by atoms with E-state index in [0.717, 1.165) is 5.56 Å². The second kappa shape index (κ2) is 6.91. The van der Waals surface area contributed by atoms with Gasteiger partial charge in [-0.2, -0.15) is 0 Å². The van der Waals surface area contributed by atoms with Crippen molar-refractivity contribution in [3.8, 4) is 5.75 Å². The number of nitrogens with one attached hydrogen (secondary N) is 1. The van der Waals surface area contributed by atoms with Crippen molar-refractivity contribution in [2.75, 3.05) is 18.5 Å². The smallest absolute Gasteiger partial charge is 0.146 e. The lowest BCUT2D eigenvalue weighted by atomic mass is 10.2. The Hall–Kier alpha value is -2.07. The van der Waals surface area contributed by atoms with Gasteiger partial charge in [-0.3, -0.25) is 0 Å². The average Bonchev–Trinajstić information content (AvgIpc) is 2.45. The van der Waals surface area contributed by atoms with Gasteiger partial charge in [-0.1, -0.05) is 24.3 Å². The van der Waals surface area contributed by atoms with Gasteiger partial charge in [0.1, 0.15) is 24.3 Å². The van der Waals surface area contributed by atoms with Crippen LogP contribution in [0.25, 0.3) is 0 Å². The van der Waals surface area contributed by atoms with E-state index in [2.05, 4.69) is 5.32 Å². The third kappa shape index (κ3) is 4.24. The molecule has 1 unspecified atom stereocenters. The first-order valence-corrected chi connectivity index (χ1v) is 6.51. The fourth-order valence-electron chi connectivity index (χ4n) is 1.76. The van der Waals surface area contributed by atoms with E-state index in [1.165, 1.54) is 6.07 Å². The maximum Gasteiger partial charge on any atom is 0.146 e. The number of hydrogen-bond acceptors (Lipinski definition) is 3. The lowest BCUT2D eigenvalue weighted by molar-refractivity contribution is 0.117. The lowest BCUT2D eigenvalue weighted by Gasteiger charge is -2.14. The van der Waals surface area contributed by atoms with Crippen LogP contribution >= 0.6 is 0 Å². The van der Waals surface area contributed by atoms with Crippen molar-refractivity contribution >= 4 is 5.69 Å². The third-order valence-electron chi connectivity index (χ3n) is 2.84. The summed E-state index contributed by atoms with van der Waals surface area (Å²) in [5.41, 5.74) is 1.25. The fourth-order valence-corrected chi connectivity index (χ4v) is 1.76. The predicted molar refractivity (Wildman–Crippen MR) is 77.6 cm³/mol. The molecule has 4 heteroatoms. The van der Waals surface area contributed by atoms with Crippen molar-refractivity contribution in [3.63, 3.8) is 0 Å². The lowest BCUT2D eigenvalue weighted by Crippen LogP contribution is -2.26. The van der Waals surface area contributed by atoms with Gasteiger partial charge in [0.15, 0.2) is 0 Å². The van der Waals surface area contributed by atoms with Crippen molar-refractivity contribution in [2.45, 2.75) is 13.0 Å². The van der Waals surface area contributed by atoms with Gasteiger partial charge in [-0.25, -0.2) is 4.39 Å². The van der Waals surface area contributed by atoms with Gasteiger partial charge in [0, 0.05) is 6.54 Å². The number of para-hydroxylation sites is 1. The van der Waals surface area contributed by atoms with E-state index >= 15 is 0 Å². The Kier molecular flexibility index (Phi) is 4.96. The zero-order valence-electron chi connectivity index (χ0n) is 11.3. The van der Waals surface area contributed by atoms with Crippen LogP contribution in [0.2, 0.25) is 0 Å². The Morgan fingerprint density at radius 3 is 2.65 bits per heavy atom. The molecule has 0 aliphatic heterocycles. The molecule has 0 aliphatic rings. The topological polar surface area (TPSA) is 41.5 Å². The van der Waals surface area contributed by atoms with Crippen LogP contribution in [-0.2, 0) is 0 Å². The summed E-state index contributed by atoms with van der Waals surface area (Å²) in [5, 5.41) is 12.7. The van der Waals surface area contributed by atoms with Crippen molar-refractivity contribution in [1.82, 2.24) is 0 Å². The number of hydrogen-bond donors (Lipinski definition) is 2. The van der Waals surface area contributed by atoms with Gasteiger partial charge in [-0.15, -0.1) is 0 Å². The number of ether oxygens (including phenoxy) is 1. The summed E-state index contributed by atoms with van der Waals surface area (Å²) in [7, 11) is 0. The van der Waals surface area contributed by atoms with E-state index in [-0.39, 0.29) is 19.0 Å². The molecule has 20 heavy (non-hydrogen) atoms. The van der Waals surface area contributed by atoms with Crippen LogP contribution in [0.15, 0.2) is 48.5 Å². The van der Waals surface area contributed by atoms with Gasteiger partial charge in [0.05, 0.1) is 5.69 Å². The Balaban J connectivity index is 1.79. The molecule has 0 fully saturated rings. The van der Waals surface area contributed by atoms with Crippen molar-refractivity contribution < 1.29 is 14.2 Å². The highest BCUT2D eigenvalue weighted by Crippen LogP contribution is 2.15. The molecule has 2 N–H and O–H groups in total. The molecule has 0 saturated carbocycles. The number of aliphatic hydroxyl groups excluding tert-OH is 1. The Bertz CT molecular complexity index is 545. The largest absolute Gasteiger partial charge is 0.491 e. The molecule has 0 heterocycles. The zero-order chi connectivity index (χ0) is 14.4. The second-order valence-corrected chi connectivity index (χ2v) is 4.64. The summed E-state index contributed by atoms with van der Waals surface area (Å²) >= 11 is 0. The molecule has 0 amide bonds. The highest BCUT2D eigenvalue weighted by atomic mass is 19.1. The Labute approximate surface area is 118 Å². The monoisotopic (exact) mass is 275 g/mol. The highest BCUT2D eigenvalue weighted by Gasteiger charge is 2.07. The van der Waals surface area contributed by atoms with Crippen LogP contribution in [0.1, 0.15) is 5.56 Å². The summed E-state index contributed by atoms with van der Waals surface area (Å²) in [5.74, 6) is 0.384. The number of rotatable bonds is 6. The number of aliphatic hydroxyl groups is 1. The molecule has 2 rings (SSSR count). The first-order chi connectivity index (χ1) is 9.65. The van der Waals surface area contributed by atoms with E-state index in [0.29, 0.717) is 11.4 Å². The normalized spacial score (nSPS) is 11.9. The van der Waals surface area contributed by atoms with Crippen LogP contribution in [0, 0.1) is 12.7 Å². The molecule has 0 aromatic heterocycles. The van der Waals surface area contributed by atoms with E-state index in [1.54, 1.807) is 6.07 Å². The maximum atomic E-state index is 13.6. The molecule has 2 aromatic carbocycles. The van der Waals surface area contributed by atoms with Gasteiger partial charge < -0.3 is 15.2 Å². The maximum absolute atomic E-state index is 13.6. The van der Waals surface area contributed by atoms with Gasteiger partial charge in [0.2, 0.25) is 0 Å². The SMILES string of the molecule is Cc1ccc(NCC(O)COc2ccccc2)c(F)c1. The van der Waals surface area contributed by atoms with E-state index in [9.17, 15) is 9.50 Å². The predicted octanol–water partition coefficient (Wildman–Crippen LogP) is 2.99. The van der Waals surface area contributed by atoms with Crippen molar-refractivity contribution in [2.24, 2.45) is 0 Å². The number of benzene rings is 2. The minimum absolute atomic E-state index is 0.157. The molecule has 0 aliphatic carbocycles. The summed E-state index contributed by atoms with van der Waals surface area (Å²) in [6.07, 6.45) is -0.712. The molecule has 0 bridgehead atoms. The van der Waals surface area contributed by atoms with E-state index < -0.39 is 6.10 Å². The highest BCUT2D eigenvalue weighted by molar-refractivity contribution is 5.46. The average molecular weight is 275 g/mol. The molecular weight excluding hydrogens is 257 g/mol. The summed E-state index contributed by atoms with van der Waals surface area (Å²) in [6, 6.07) is 14.2. The molecule has 1 atom stereocenters. The molecule has 0 saturated heterocycles. The molecule has 106 valence electrons. The molecule has 0 spiro atoms. The van der Waals surface area contributed by atoms with Crippen molar-refractivity contribution in [3.05, 3.63) is 59.9 Å². The fraction of sp³-hybridized carbons (Fsp3) is 0.250. The van der Waals surface area contributed by atoms with Crippen LogP contribution in [0.5, 0.6) is 5.75 Å². The molecule has 0 radical (unpaired) electrons. The summed E-state index contributed by atoms with van der Waals surface area (Å²) in [6.45, 7) is 2.21. The molecule has 2 aromatic rings. The van der Waals surface area contributed by atoms with Crippen LogP contribution in [-0.4, -0.2) is 24.4 Å². The Morgan fingerprint density at radius 1 is 1.20 bits per heavy atom. The van der Waals surface area contributed by atoms with E-state index in [4.69, 9.17) is 4.74 Å². The van der Waals surface area contributed by atoms with Crippen LogP contribution in [0.3, 0.4) is 0 Å². The summed E-state index contributed by atoms with van der Waals surface area (Å²) in [4.78, 5) is 0. The van der Waals surface area contributed by atoms with E-state index in [1.807, 2.05) is 43.3 Å². The second-order valence-electron chi connectivity index (χ2n) is 4.64. The quantitative estimate of drug-likeness (QED) is 0.851. The van der Waals surface area contributed by atoms with Gasteiger partial charge in [-0.05, 0) is 36.8 Å². The first kappa shape index (κ1) is 14.3. The minimum atomic E-state index is -0.712. The number of anilines is 1. The number of aryl methyl sites for hydroxylation is 1.